The Morgan fingerprint density at radius 3 is 2.40 bits per heavy atom. The third kappa shape index (κ3) is 3.36. The van der Waals surface area contributed by atoms with Crippen LogP contribution in [0, 0.1) is 20.8 Å². The molecule has 1 aromatic carbocycles. The minimum atomic E-state index is -0.823. The Kier molecular flexibility index (Phi) is 3.86. The van der Waals surface area contributed by atoms with Crippen LogP contribution in [0.15, 0.2) is 12.1 Å². The molecule has 0 aliphatic rings. The second-order valence-electron chi connectivity index (χ2n) is 3.86. The van der Waals surface area contributed by atoms with Crippen LogP contribution in [0.1, 0.15) is 22.3 Å². The van der Waals surface area contributed by atoms with Gasteiger partial charge in [0, 0.05) is 6.54 Å². The molecule has 0 amide bonds. The highest BCUT2D eigenvalue weighted by Gasteiger charge is 2.02. The fourth-order valence-corrected chi connectivity index (χ4v) is 1.51. The largest absolute Gasteiger partial charge is 0.480 e. The van der Waals surface area contributed by atoms with Crippen molar-refractivity contribution >= 4 is 5.97 Å². The van der Waals surface area contributed by atoms with E-state index in [1.165, 1.54) is 22.3 Å². The van der Waals surface area contributed by atoms with Crippen LogP contribution in [0.2, 0.25) is 0 Å². The summed E-state index contributed by atoms with van der Waals surface area (Å²) < 4.78 is 0. The van der Waals surface area contributed by atoms with Gasteiger partial charge in [0.15, 0.2) is 0 Å². The van der Waals surface area contributed by atoms with Crippen LogP contribution in [0.25, 0.3) is 0 Å². The SMILES string of the molecule is Cc1cc(C)c(CNCC(=O)O)cc1C. The molecule has 0 unspecified atom stereocenters. The number of hydrogen-bond donors (Lipinski definition) is 2. The Morgan fingerprint density at radius 1 is 1.20 bits per heavy atom. The zero-order chi connectivity index (χ0) is 11.4. The van der Waals surface area contributed by atoms with Crippen LogP contribution in [0.3, 0.4) is 0 Å². The number of aliphatic carboxylic acids is 1. The van der Waals surface area contributed by atoms with Gasteiger partial charge in [0.25, 0.3) is 0 Å². The zero-order valence-corrected chi connectivity index (χ0v) is 9.42. The first-order chi connectivity index (χ1) is 7.00. The Morgan fingerprint density at radius 2 is 1.80 bits per heavy atom. The van der Waals surface area contributed by atoms with Crippen LogP contribution in [-0.2, 0) is 11.3 Å². The highest BCUT2D eigenvalue weighted by Crippen LogP contribution is 2.14. The molecule has 0 heterocycles. The second-order valence-corrected chi connectivity index (χ2v) is 3.86. The second kappa shape index (κ2) is 4.94. The maximum Gasteiger partial charge on any atom is 0.317 e. The maximum absolute atomic E-state index is 10.3. The molecule has 2 N–H and O–H groups in total. The van der Waals surface area contributed by atoms with Crippen molar-refractivity contribution in [3.8, 4) is 0 Å². The van der Waals surface area contributed by atoms with Gasteiger partial charge in [-0.05, 0) is 43.0 Å². The van der Waals surface area contributed by atoms with E-state index < -0.39 is 5.97 Å². The van der Waals surface area contributed by atoms with Crippen molar-refractivity contribution in [3.05, 3.63) is 34.4 Å². The van der Waals surface area contributed by atoms with Crippen LogP contribution in [-0.4, -0.2) is 17.6 Å². The average molecular weight is 207 g/mol. The van der Waals surface area contributed by atoms with E-state index in [-0.39, 0.29) is 6.54 Å². The molecule has 1 aromatic rings. The summed E-state index contributed by atoms with van der Waals surface area (Å²) in [6, 6.07) is 4.24. The van der Waals surface area contributed by atoms with Gasteiger partial charge in [0.2, 0.25) is 0 Å². The molecule has 0 spiro atoms. The van der Waals surface area contributed by atoms with E-state index in [4.69, 9.17) is 5.11 Å². The number of nitrogens with one attached hydrogen (secondary N) is 1. The van der Waals surface area contributed by atoms with Crippen molar-refractivity contribution in [1.82, 2.24) is 5.32 Å². The molecule has 15 heavy (non-hydrogen) atoms. The van der Waals surface area contributed by atoms with E-state index in [9.17, 15) is 4.79 Å². The Labute approximate surface area is 90.1 Å². The van der Waals surface area contributed by atoms with Crippen molar-refractivity contribution < 1.29 is 9.90 Å². The number of aryl methyl sites for hydroxylation is 3. The molecule has 0 radical (unpaired) electrons. The molecule has 82 valence electrons. The molecule has 0 fully saturated rings. The lowest BCUT2D eigenvalue weighted by molar-refractivity contribution is -0.135. The third-order valence-electron chi connectivity index (χ3n) is 2.54. The molecule has 1 rings (SSSR count). The lowest BCUT2D eigenvalue weighted by Crippen LogP contribution is -2.22. The molecule has 0 saturated heterocycles. The quantitative estimate of drug-likeness (QED) is 0.791. The van der Waals surface area contributed by atoms with E-state index in [1.807, 2.05) is 6.92 Å². The number of carboxylic acid groups (broad SMARTS) is 1. The third-order valence-corrected chi connectivity index (χ3v) is 2.54. The van der Waals surface area contributed by atoms with Gasteiger partial charge >= 0.3 is 5.97 Å². The monoisotopic (exact) mass is 207 g/mol. The standard InChI is InChI=1S/C12H17NO2/c1-8-4-10(3)11(5-9(8)2)6-13-7-12(14)15/h4-5,13H,6-7H2,1-3H3,(H,14,15). The van der Waals surface area contributed by atoms with Crippen molar-refractivity contribution in [2.45, 2.75) is 27.3 Å². The Balaban J connectivity index is 2.69. The smallest absolute Gasteiger partial charge is 0.317 e. The maximum atomic E-state index is 10.3. The van der Waals surface area contributed by atoms with E-state index in [0.717, 1.165) is 0 Å². The predicted molar refractivity (Wildman–Crippen MR) is 60.0 cm³/mol. The number of rotatable bonds is 4. The summed E-state index contributed by atoms with van der Waals surface area (Å²) in [7, 11) is 0. The number of carboxylic acids is 1. The van der Waals surface area contributed by atoms with Crippen LogP contribution in [0.4, 0.5) is 0 Å². The van der Waals surface area contributed by atoms with E-state index in [0.29, 0.717) is 6.54 Å². The van der Waals surface area contributed by atoms with Crippen LogP contribution < -0.4 is 5.32 Å². The molecule has 0 aliphatic heterocycles. The minimum absolute atomic E-state index is 0.00631. The number of carbonyl (C=O) groups is 1. The summed E-state index contributed by atoms with van der Waals surface area (Å²) in [5, 5.41) is 11.4. The average Bonchev–Trinajstić information content (AvgIpc) is 2.13. The molecule has 0 atom stereocenters. The predicted octanol–water partition coefficient (Wildman–Crippen LogP) is 1.79. The van der Waals surface area contributed by atoms with Gasteiger partial charge in [-0.15, -0.1) is 0 Å². The summed E-state index contributed by atoms with van der Waals surface area (Å²) in [6.45, 7) is 6.81. The van der Waals surface area contributed by atoms with Crippen LogP contribution in [0.5, 0.6) is 0 Å². The number of hydrogen-bond acceptors (Lipinski definition) is 2. The highest BCUT2D eigenvalue weighted by molar-refractivity contribution is 5.69. The molecular formula is C12H17NO2. The summed E-state index contributed by atoms with van der Waals surface area (Å²) in [5.74, 6) is -0.823. The molecule has 0 aromatic heterocycles. The molecule has 0 saturated carbocycles. The molecule has 3 nitrogen and oxygen atoms in total. The minimum Gasteiger partial charge on any atom is -0.480 e. The first-order valence-electron chi connectivity index (χ1n) is 5.00. The van der Waals surface area contributed by atoms with E-state index in [1.54, 1.807) is 0 Å². The van der Waals surface area contributed by atoms with Crippen molar-refractivity contribution in [2.24, 2.45) is 0 Å². The molecule has 0 bridgehead atoms. The van der Waals surface area contributed by atoms with Gasteiger partial charge in [0.1, 0.15) is 0 Å². The lowest BCUT2D eigenvalue weighted by Gasteiger charge is -2.09. The van der Waals surface area contributed by atoms with Gasteiger partial charge in [-0.3, -0.25) is 4.79 Å². The molecule has 0 aliphatic carbocycles. The first-order valence-corrected chi connectivity index (χ1v) is 5.00. The van der Waals surface area contributed by atoms with Gasteiger partial charge < -0.3 is 10.4 Å². The van der Waals surface area contributed by atoms with Gasteiger partial charge in [-0.2, -0.15) is 0 Å². The molecular weight excluding hydrogens is 190 g/mol. The first kappa shape index (κ1) is 11.7. The fraction of sp³-hybridized carbons (Fsp3) is 0.417. The van der Waals surface area contributed by atoms with Crippen molar-refractivity contribution in [3.63, 3.8) is 0 Å². The zero-order valence-electron chi connectivity index (χ0n) is 9.42. The summed E-state index contributed by atoms with van der Waals surface area (Å²) >= 11 is 0. The Bertz CT molecular complexity index is 372. The fourth-order valence-electron chi connectivity index (χ4n) is 1.51. The Hall–Kier alpha value is -1.35. The van der Waals surface area contributed by atoms with Crippen LogP contribution >= 0.6 is 0 Å². The number of benzene rings is 1. The normalized spacial score (nSPS) is 10.3. The van der Waals surface area contributed by atoms with Gasteiger partial charge in [-0.1, -0.05) is 12.1 Å². The molecule has 3 heteroatoms. The topological polar surface area (TPSA) is 49.3 Å². The lowest BCUT2D eigenvalue weighted by atomic mass is 10.0. The van der Waals surface area contributed by atoms with E-state index >= 15 is 0 Å². The highest BCUT2D eigenvalue weighted by atomic mass is 16.4. The van der Waals surface area contributed by atoms with Crippen molar-refractivity contribution in [1.29, 1.82) is 0 Å². The summed E-state index contributed by atoms with van der Waals surface area (Å²) in [6.07, 6.45) is 0. The summed E-state index contributed by atoms with van der Waals surface area (Å²) in [5.41, 5.74) is 4.89. The van der Waals surface area contributed by atoms with Crippen molar-refractivity contribution in [2.75, 3.05) is 6.54 Å². The summed E-state index contributed by atoms with van der Waals surface area (Å²) in [4.78, 5) is 10.3. The van der Waals surface area contributed by atoms with Gasteiger partial charge in [0.05, 0.1) is 6.54 Å². The van der Waals surface area contributed by atoms with E-state index in [2.05, 4.69) is 31.3 Å². The van der Waals surface area contributed by atoms with Gasteiger partial charge in [-0.25, -0.2) is 0 Å².